The Morgan fingerprint density at radius 3 is 2.47 bits per heavy atom. The molecule has 2 aliphatic rings. The summed E-state index contributed by atoms with van der Waals surface area (Å²) in [7, 11) is 1.44. The van der Waals surface area contributed by atoms with Crippen molar-refractivity contribution in [1.29, 1.82) is 0 Å². The molecule has 4 nitrogen and oxygen atoms in total. The summed E-state index contributed by atoms with van der Waals surface area (Å²) < 4.78 is 10.2. The maximum absolute atomic E-state index is 11.6. The van der Waals surface area contributed by atoms with Crippen LogP contribution >= 0.6 is 0 Å². The molecule has 2 fully saturated rings. The molecular formula is C11H19NO3. The molecule has 86 valence electrons. The number of hydrogen-bond donors (Lipinski definition) is 1. The number of nitrogens with two attached hydrogens (primary N) is 1. The van der Waals surface area contributed by atoms with Crippen molar-refractivity contribution in [3.05, 3.63) is 0 Å². The third kappa shape index (κ3) is 1.66. The van der Waals surface area contributed by atoms with Crippen molar-refractivity contribution >= 4 is 5.97 Å². The predicted molar refractivity (Wildman–Crippen MR) is 55.2 cm³/mol. The van der Waals surface area contributed by atoms with Crippen molar-refractivity contribution < 1.29 is 14.3 Å². The van der Waals surface area contributed by atoms with Gasteiger partial charge in [0.25, 0.3) is 0 Å². The third-order valence-electron chi connectivity index (χ3n) is 3.99. The second-order valence-electron chi connectivity index (χ2n) is 4.94. The minimum absolute atomic E-state index is 0.137. The number of carbonyl (C=O) groups is 1. The van der Waals surface area contributed by atoms with Crippen LogP contribution in [0.2, 0.25) is 0 Å². The van der Waals surface area contributed by atoms with Crippen LogP contribution in [-0.2, 0) is 14.3 Å². The molecule has 0 aromatic carbocycles. The molecule has 1 spiro atoms. The Morgan fingerprint density at radius 1 is 1.40 bits per heavy atom. The largest absolute Gasteiger partial charge is 0.469 e. The summed E-state index contributed by atoms with van der Waals surface area (Å²) in [6, 6.07) is 0. The zero-order chi connectivity index (χ0) is 10.9. The van der Waals surface area contributed by atoms with Gasteiger partial charge in [-0.1, -0.05) is 0 Å². The van der Waals surface area contributed by atoms with Gasteiger partial charge in [0.15, 0.2) is 0 Å². The van der Waals surface area contributed by atoms with E-state index in [4.69, 9.17) is 15.2 Å². The van der Waals surface area contributed by atoms with E-state index in [9.17, 15) is 4.79 Å². The zero-order valence-electron chi connectivity index (χ0n) is 9.25. The van der Waals surface area contributed by atoms with Crippen LogP contribution in [0.15, 0.2) is 0 Å². The lowest BCUT2D eigenvalue weighted by Crippen LogP contribution is -2.57. The van der Waals surface area contributed by atoms with Gasteiger partial charge in [0.05, 0.1) is 12.5 Å². The highest BCUT2D eigenvalue weighted by molar-refractivity contribution is 5.78. The Kier molecular flexibility index (Phi) is 2.73. The van der Waals surface area contributed by atoms with E-state index in [2.05, 4.69) is 0 Å². The highest BCUT2D eigenvalue weighted by Gasteiger charge is 2.58. The molecule has 0 unspecified atom stereocenters. The molecule has 1 saturated heterocycles. The molecule has 0 aromatic rings. The summed E-state index contributed by atoms with van der Waals surface area (Å²) in [4.78, 5) is 11.6. The lowest BCUT2D eigenvalue weighted by molar-refractivity contribution is -0.176. The van der Waals surface area contributed by atoms with E-state index < -0.39 is 5.41 Å². The monoisotopic (exact) mass is 213 g/mol. The average molecular weight is 213 g/mol. The molecule has 15 heavy (non-hydrogen) atoms. The Morgan fingerprint density at radius 2 is 2.00 bits per heavy atom. The molecule has 2 rings (SSSR count). The molecular weight excluding hydrogens is 194 g/mol. The van der Waals surface area contributed by atoms with Crippen molar-refractivity contribution in [2.75, 3.05) is 26.9 Å². The zero-order valence-corrected chi connectivity index (χ0v) is 9.25. The van der Waals surface area contributed by atoms with Gasteiger partial charge >= 0.3 is 5.97 Å². The van der Waals surface area contributed by atoms with E-state index in [1.54, 1.807) is 0 Å². The number of rotatable bonds is 2. The first-order valence-electron chi connectivity index (χ1n) is 5.53. The Labute approximate surface area is 90.1 Å². The minimum Gasteiger partial charge on any atom is -0.469 e. The summed E-state index contributed by atoms with van der Waals surface area (Å²) in [5.74, 6) is -0.137. The number of ether oxygens (including phenoxy) is 2. The van der Waals surface area contributed by atoms with Crippen LogP contribution in [0.1, 0.15) is 25.7 Å². The van der Waals surface area contributed by atoms with Crippen LogP contribution in [0.5, 0.6) is 0 Å². The fourth-order valence-electron chi connectivity index (χ4n) is 3.13. The SMILES string of the molecule is COC(=O)C1(CN)CC2(CCOCC2)C1. The van der Waals surface area contributed by atoms with Crippen molar-refractivity contribution in [2.24, 2.45) is 16.6 Å². The highest BCUT2D eigenvalue weighted by Crippen LogP contribution is 2.59. The molecule has 1 saturated carbocycles. The van der Waals surface area contributed by atoms with Crippen molar-refractivity contribution in [3.63, 3.8) is 0 Å². The number of methoxy groups -OCH3 is 1. The van der Waals surface area contributed by atoms with Crippen molar-refractivity contribution in [2.45, 2.75) is 25.7 Å². The molecule has 0 radical (unpaired) electrons. The van der Waals surface area contributed by atoms with E-state index >= 15 is 0 Å². The first-order valence-corrected chi connectivity index (χ1v) is 5.53. The number of carbonyl (C=O) groups excluding carboxylic acids is 1. The van der Waals surface area contributed by atoms with Crippen LogP contribution in [0.25, 0.3) is 0 Å². The van der Waals surface area contributed by atoms with Crippen LogP contribution in [0, 0.1) is 10.8 Å². The number of esters is 1. The van der Waals surface area contributed by atoms with E-state index in [1.807, 2.05) is 0 Å². The Balaban J connectivity index is 2.01. The van der Waals surface area contributed by atoms with Gasteiger partial charge in [0.1, 0.15) is 0 Å². The predicted octanol–water partition coefficient (Wildman–Crippen LogP) is 0.695. The molecule has 2 N–H and O–H groups in total. The van der Waals surface area contributed by atoms with E-state index in [0.29, 0.717) is 12.0 Å². The van der Waals surface area contributed by atoms with Crippen LogP contribution < -0.4 is 5.73 Å². The van der Waals surface area contributed by atoms with Gasteiger partial charge in [-0.05, 0) is 31.1 Å². The molecule has 1 aliphatic heterocycles. The highest BCUT2D eigenvalue weighted by atomic mass is 16.5. The van der Waals surface area contributed by atoms with Crippen LogP contribution in [0.3, 0.4) is 0 Å². The lowest BCUT2D eigenvalue weighted by atomic mass is 9.50. The van der Waals surface area contributed by atoms with Crippen LogP contribution in [0.4, 0.5) is 0 Å². The molecule has 4 heteroatoms. The van der Waals surface area contributed by atoms with E-state index in [1.165, 1.54) is 7.11 Å². The summed E-state index contributed by atoms with van der Waals surface area (Å²) in [5, 5.41) is 0. The number of hydrogen-bond acceptors (Lipinski definition) is 4. The molecule has 1 heterocycles. The van der Waals surface area contributed by atoms with E-state index in [-0.39, 0.29) is 5.97 Å². The van der Waals surface area contributed by atoms with Gasteiger partial charge in [0.2, 0.25) is 0 Å². The average Bonchev–Trinajstić information content (AvgIpc) is 2.25. The van der Waals surface area contributed by atoms with Gasteiger partial charge in [-0.25, -0.2) is 0 Å². The molecule has 0 bridgehead atoms. The topological polar surface area (TPSA) is 61.5 Å². The molecule has 0 aromatic heterocycles. The second kappa shape index (κ2) is 3.76. The fraction of sp³-hybridized carbons (Fsp3) is 0.909. The van der Waals surface area contributed by atoms with Gasteiger partial charge in [-0.3, -0.25) is 4.79 Å². The Hall–Kier alpha value is -0.610. The second-order valence-corrected chi connectivity index (χ2v) is 4.94. The van der Waals surface area contributed by atoms with E-state index in [0.717, 1.165) is 38.9 Å². The molecule has 0 atom stereocenters. The molecule has 1 aliphatic carbocycles. The van der Waals surface area contributed by atoms with Gasteiger partial charge in [-0.15, -0.1) is 0 Å². The first-order chi connectivity index (χ1) is 7.16. The third-order valence-corrected chi connectivity index (χ3v) is 3.99. The summed E-state index contributed by atoms with van der Waals surface area (Å²) in [6.07, 6.45) is 3.89. The van der Waals surface area contributed by atoms with Gasteiger partial charge in [0, 0.05) is 19.8 Å². The molecule has 0 amide bonds. The Bertz CT molecular complexity index is 251. The maximum Gasteiger partial charge on any atom is 0.313 e. The minimum atomic E-state index is -0.397. The smallest absolute Gasteiger partial charge is 0.313 e. The van der Waals surface area contributed by atoms with Crippen LogP contribution in [-0.4, -0.2) is 32.8 Å². The first kappa shape index (κ1) is 10.9. The summed E-state index contributed by atoms with van der Waals surface area (Å²) >= 11 is 0. The van der Waals surface area contributed by atoms with Crippen molar-refractivity contribution in [3.8, 4) is 0 Å². The summed E-state index contributed by atoms with van der Waals surface area (Å²) in [5.41, 5.74) is 5.62. The quantitative estimate of drug-likeness (QED) is 0.686. The van der Waals surface area contributed by atoms with Crippen molar-refractivity contribution in [1.82, 2.24) is 0 Å². The fourth-order valence-corrected chi connectivity index (χ4v) is 3.13. The normalized spacial score (nSPS) is 27.1. The van der Waals surface area contributed by atoms with Gasteiger partial charge < -0.3 is 15.2 Å². The lowest BCUT2D eigenvalue weighted by Gasteiger charge is -2.55. The van der Waals surface area contributed by atoms with Gasteiger partial charge in [-0.2, -0.15) is 0 Å². The maximum atomic E-state index is 11.6. The summed E-state index contributed by atoms with van der Waals surface area (Å²) in [6.45, 7) is 2.05. The standard InChI is InChI=1S/C11H19NO3/c1-14-9(13)11(8-12)6-10(7-11)2-4-15-5-3-10/h2-8,12H2,1H3.